The second-order valence-electron chi connectivity index (χ2n) is 4.45. The standard InChI is InChI=1S/C14H20N2O3/c1-2-19-14(17)12-10-11(15)4-5-13(12)16-6-3-8-18-9-7-16/h4-5,10H,2-3,6-9,15H2,1H3. The van der Waals surface area contributed by atoms with Gasteiger partial charge in [0.05, 0.1) is 24.5 Å². The molecule has 0 aromatic heterocycles. The fourth-order valence-corrected chi connectivity index (χ4v) is 2.19. The molecule has 0 saturated carbocycles. The molecule has 0 unspecified atom stereocenters. The topological polar surface area (TPSA) is 64.8 Å². The molecule has 0 atom stereocenters. The molecule has 5 heteroatoms. The highest BCUT2D eigenvalue weighted by atomic mass is 16.5. The van der Waals surface area contributed by atoms with Gasteiger partial charge in [0.1, 0.15) is 0 Å². The molecule has 1 fully saturated rings. The fraction of sp³-hybridized carbons (Fsp3) is 0.500. The van der Waals surface area contributed by atoms with E-state index in [4.69, 9.17) is 15.2 Å². The molecule has 0 spiro atoms. The lowest BCUT2D eigenvalue weighted by Crippen LogP contribution is -2.28. The minimum absolute atomic E-state index is 0.324. The first-order chi connectivity index (χ1) is 9.22. The van der Waals surface area contributed by atoms with Crippen molar-refractivity contribution in [1.29, 1.82) is 0 Å². The Morgan fingerprint density at radius 3 is 3.05 bits per heavy atom. The van der Waals surface area contributed by atoms with E-state index < -0.39 is 0 Å². The molecule has 1 aliphatic heterocycles. The second kappa shape index (κ2) is 6.43. The van der Waals surface area contributed by atoms with Crippen LogP contribution in [0.2, 0.25) is 0 Å². The largest absolute Gasteiger partial charge is 0.462 e. The number of anilines is 2. The molecule has 5 nitrogen and oxygen atoms in total. The third-order valence-electron chi connectivity index (χ3n) is 3.08. The highest BCUT2D eigenvalue weighted by Gasteiger charge is 2.19. The van der Waals surface area contributed by atoms with E-state index in [0.717, 1.165) is 31.8 Å². The summed E-state index contributed by atoms with van der Waals surface area (Å²) in [5.74, 6) is -0.324. The van der Waals surface area contributed by atoms with Crippen molar-refractivity contribution in [2.45, 2.75) is 13.3 Å². The lowest BCUT2D eigenvalue weighted by Gasteiger charge is -2.24. The molecule has 0 aliphatic carbocycles. The summed E-state index contributed by atoms with van der Waals surface area (Å²) < 4.78 is 10.5. The quantitative estimate of drug-likeness (QED) is 0.664. The number of hydrogen-bond donors (Lipinski definition) is 1. The van der Waals surface area contributed by atoms with E-state index in [0.29, 0.717) is 24.5 Å². The van der Waals surface area contributed by atoms with Crippen molar-refractivity contribution in [2.24, 2.45) is 0 Å². The van der Waals surface area contributed by atoms with Gasteiger partial charge in [0.2, 0.25) is 0 Å². The van der Waals surface area contributed by atoms with E-state index in [1.165, 1.54) is 0 Å². The van der Waals surface area contributed by atoms with Gasteiger partial charge in [-0.05, 0) is 31.5 Å². The molecular weight excluding hydrogens is 244 g/mol. The average Bonchev–Trinajstić information content (AvgIpc) is 2.68. The highest BCUT2D eigenvalue weighted by Crippen LogP contribution is 2.25. The maximum atomic E-state index is 12.0. The second-order valence-corrected chi connectivity index (χ2v) is 4.45. The monoisotopic (exact) mass is 264 g/mol. The first-order valence-corrected chi connectivity index (χ1v) is 6.61. The van der Waals surface area contributed by atoms with Gasteiger partial charge >= 0.3 is 5.97 Å². The zero-order valence-corrected chi connectivity index (χ0v) is 11.2. The Labute approximate surface area is 113 Å². The van der Waals surface area contributed by atoms with Crippen LogP contribution in [0.15, 0.2) is 18.2 Å². The molecule has 1 heterocycles. The Balaban J connectivity index is 2.29. The van der Waals surface area contributed by atoms with Crippen molar-refractivity contribution in [3.05, 3.63) is 23.8 Å². The van der Waals surface area contributed by atoms with Gasteiger partial charge in [0.25, 0.3) is 0 Å². The molecule has 0 radical (unpaired) electrons. The van der Waals surface area contributed by atoms with Crippen molar-refractivity contribution in [2.75, 3.05) is 43.5 Å². The SMILES string of the molecule is CCOC(=O)c1cc(N)ccc1N1CCCOCC1. The number of nitrogens with zero attached hydrogens (tertiary/aromatic N) is 1. The molecule has 104 valence electrons. The van der Waals surface area contributed by atoms with Crippen molar-refractivity contribution in [3.63, 3.8) is 0 Å². The molecular formula is C14H20N2O3. The summed E-state index contributed by atoms with van der Waals surface area (Å²) in [5, 5.41) is 0. The molecule has 19 heavy (non-hydrogen) atoms. The number of benzene rings is 1. The van der Waals surface area contributed by atoms with Gasteiger partial charge < -0.3 is 20.1 Å². The summed E-state index contributed by atoms with van der Waals surface area (Å²) in [6, 6.07) is 5.37. The maximum absolute atomic E-state index is 12.0. The third-order valence-corrected chi connectivity index (χ3v) is 3.08. The minimum Gasteiger partial charge on any atom is -0.462 e. The van der Waals surface area contributed by atoms with Crippen LogP contribution in [0.25, 0.3) is 0 Å². The summed E-state index contributed by atoms with van der Waals surface area (Å²) in [5.41, 5.74) is 7.74. The normalized spacial score (nSPS) is 15.9. The average molecular weight is 264 g/mol. The zero-order chi connectivity index (χ0) is 13.7. The van der Waals surface area contributed by atoms with E-state index in [1.807, 2.05) is 12.1 Å². The third kappa shape index (κ3) is 3.38. The summed E-state index contributed by atoms with van der Waals surface area (Å²) in [6.45, 7) is 5.24. The van der Waals surface area contributed by atoms with Gasteiger partial charge in [-0.1, -0.05) is 0 Å². The van der Waals surface area contributed by atoms with Crippen LogP contribution in [-0.4, -0.2) is 38.9 Å². The lowest BCUT2D eigenvalue weighted by molar-refractivity contribution is 0.0527. The van der Waals surface area contributed by atoms with Crippen molar-refractivity contribution >= 4 is 17.3 Å². The number of carbonyl (C=O) groups is 1. The van der Waals surface area contributed by atoms with Gasteiger partial charge in [-0.25, -0.2) is 4.79 Å². The Bertz CT molecular complexity index is 440. The maximum Gasteiger partial charge on any atom is 0.340 e. The van der Waals surface area contributed by atoms with Crippen LogP contribution >= 0.6 is 0 Å². The summed E-state index contributed by atoms with van der Waals surface area (Å²) >= 11 is 0. The first-order valence-electron chi connectivity index (χ1n) is 6.61. The predicted molar refractivity (Wildman–Crippen MR) is 74.5 cm³/mol. The number of rotatable bonds is 3. The number of ether oxygens (including phenoxy) is 2. The van der Waals surface area contributed by atoms with E-state index in [9.17, 15) is 4.79 Å². The summed E-state index contributed by atoms with van der Waals surface area (Å²) in [7, 11) is 0. The molecule has 0 bridgehead atoms. The first kappa shape index (κ1) is 13.7. The predicted octanol–water partition coefficient (Wildman–Crippen LogP) is 1.67. The molecule has 2 N–H and O–H groups in total. The molecule has 1 aliphatic rings. The number of nitrogens with two attached hydrogens (primary N) is 1. The summed E-state index contributed by atoms with van der Waals surface area (Å²) in [6.07, 6.45) is 0.951. The van der Waals surface area contributed by atoms with E-state index >= 15 is 0 Å². The van der Waals surface area contributed by atoms with E-state index in [1.54, 1.807) is 13.0 Å². The summed E-state index contributed by atoms with van der Waals surface area (Å²) in [4.78, 5) is 14.2. The van der Waals surface area contributed by atoms with E-state index in [2.05, 4.69) is 4.90 Å². The lowest BCUT2D eigenvalue weighted by atomic mass is 10.1. The Kier molecular flexibility index (Phi) is 4.63. The van der Waals surface area contributed by atoms with Gasteiger partial charge in [0, 0.05) is 25.4 Å². The van der Waals surface area contributed by atoms with Crippen molar-refractivity contribution < 1.29 is 14.3 Å². The Hall–Kier alpha value is -1.75. The van der Waals surface area contributed by atoms with Gasteiger partial charge in [0.15, 0.2) is 0 Å². The van der Waals surface area contributed by atoms with Crippen LogP contribution in [0.4, 0.5) is 11.4 Å². The van der Waals surface area contributed by atoms with Crippen LogP contribution in [0.3, 0.4) is 0 Å². The fourth-order valence-electron chi connectivity index (χ4n) is 2.19. The van der Waals surface area contributed by atoms with Crippen molar-refractivity contribution in [3.8, 4) is 0 Å². The van der Waals surface area contributed by atoms with Crippen LogP contribution < -0.4 is 10.6 Å². The molecule has 0 amide bonds. The van der Waals surface area contributed by atoms with Crippen LogP contribution in [0.5, 0.6) is 0 Å². The Morgan fingerprint density at radius 1 is 1.42 bits per heavy atom. The van der Waals surface area contributed by atoms with Crippen LogP contribution in [0.1, 0.15) is 23.7 Å². The minimum atomic E-state index is -0.324. The van der Waals surface area contributed by atoms with Crippen LogP contribution in [0, 0.1) is 0 Å². The van der Waals surface area contributed by atoms with Gasteiger partial charge in [-0.2, -0.15) is 0 Å². The number of nitrogen functional groups attached to an aromatic ring is 1. The smallest absolute Gasteiger partial charge is 0.340 e. The molecule has 1 aromatic carbocycles. The molecule has 2 rings (SSSR count). The Morgan fingerprint density at radius 2 is 2.26 bits per heavy atom. The van der Waals surface area contributed by atoms with Gasteiger partial charge in [-0.15, -0.1) is 0 Å². The highest BCUT2D eigenvalue weighted by molar-refractivity contribution is 5.97. The van der Waals surface area contributed by atoms with Gasteiger partial charge in [-0.3, -0.25) is 0 Å². The van der Waals surface area contributed by atoms with Crippen molar-refractivity contribution in [1.82, 2.24) is 0 Å². The number of hydrogen-bond acceptors (Lipinski definition) is 5. The van der Waals surface area contributed by atoms with Crippen LogP contribution in [-0.2, 0) is 9.47 Å². The zero-order valence-electron chi connectivity index (χ0n) is 11.2. The molecule has 1 aromatic rings. The number of esters is 1. The number of carbonyl (C=O) groups excluding carboxylic acids is 1. The molecule has 1 saturated heterocycles. The van der Waals surface area contributed by atoms with E-state index in [-0.39, 0.29) is 5.97 Å².